The minimum atomic E-state index is -1.02. The van der Waals surface area contributed by atoms with Crippen LogP contribution in [-0.4, -0.2) is 29.1 Å². The molecule has 0 radical (unpaired) electrons. The van der Waals surface area contributed by atoms with Gasteiger partial charge in [-0.05, 0) is 26.0 Å². The Balaban J connectivity index is 2.32. The minimum Gasteiger partial charge on any atom is -0.480 e. The minimum absolute atomic E-state index is 0.144. The number of benzene rings is 1. The summed E-state index contributed by atoms with van der Waals surface area (Å²) in [6.07, 6.45) is 0.228. The normalized spacial score (nSPS) is 11.0. The lowest BCUT2D eigenvalue weighted by atomic mass is 10.1. The highest BCUT2D eigenvalue weighted by molar-refractivity contribution is 5.90. The Morgan fingerprint density at radius 1 is 1.22 bits per heavy atom. The molecule has 0 saturated heterocycles. The van der Waals surface area contributed by atoms with Crippen molar-refractivity contribution in [3.63, 3.8) is 0 Å². The molecule has 0 aromatic heterocycles. The van der Waals surface area contributed by atoms with Gasteiger partial charge in [-0.25, -0.2) is 0 Å². The SMILES string of the molecule is CC(C)(NCCC(=O)Nc1ccccc1)C(=O)O. The van der Waals surface area contributed by atoms with Gasteiger partial charge in [0.1, 0.15) is 5.54 Å². The maximum atomic E-state index is 11.6. The highest BCUT2D eigenvalue weighted by Gasteiger charge is 2.25. The second-order valence-corrected chi connectivity index (χ2v) is 4.52. The number of carbonyl (C=O) groups is 2. The molecule has 3 N–H and O–H groups in total. The van der Waals surface area contributed by atoms with E-state index < -0.39 is 11.5 Å². The molecule has 5 nitrogen and oxygen atoms in total. The van der Waals surface area contributed by atoms with Gasteiger partial charge >= 0.3 is 5.97 Å². The molecule has 0 spiro atoms. The predicted molar refractivity (Wildman–Crippen MR) is 69.4 cm³/mol. The number of aliphatic carboxylic acids is 1. The van der Waals surface area contributed by atoms with E-state index in [9.17, 15) is 9.59 Å². The van der Waals surface area contributed by atoms with Crippen LogP contribution in [0.3, 0.4) is 0 Å². The molecule has 1 amide bonds. The van der Waals surface area contributed by atoms with Crippen molar-refractivity contribution in [2.24, 2.45) is 0 Å². The Kier molecular flexibility index (Phi) is 4.85. The Morgan fingerprint density at radius 2 is 1.83 bits per heavy atom. The molecule has 0 saturated carbocycles. The number of carbonyl (C=O) groups excluding carboxylic acids is 1. The first-order valence-electron chi connectivity index (χ1n) is 5.75. The first kappa shape index (κ1) is 14.2. The van der Waals surface area contributed by atoms with Crippen molar-refractivity contribution in [2.75, 3.05) is 11.9 Å². The number of hydrogen-bond donors (Lipinski definition) is 3. The summed E-state index contributed by atoms with van der Waals surface area (Å²) < 4.78 is 0. The fourth-order valence-electron chi connectivity index (χ4n) is 1.31. The molecule has 0 aliphatic heterocycles. The van der Waals surface area contributed by atoms with Gasteiger partial charge in [-0.3, -0.25) is 9.59 Å². The van der Waals surface area contributed by atoms with E-state index in [1.54, 1.807) is 26.0 Å². The fraction of sp³-hybridized carbons (Fsp3) is 0.385. The monoisotopic (exact) mass is 250 g/mol. The number of nitrogens with one attached hydrogen (secondary N) is 2. The summed E-state index contributed by atoms with van der Waals surface area (Å²) in [5, 5.41) is 14.4. The van der Waals surface area contributed by atoms with Crippen LogP contribution in [-0.2, 0) is 9.59 Å². The van der Waals surface area contributed by atoms with E-state index in [-0.39, 0.29) is 12.3 Å². The van der Waals surface area contributed by atoms with Gasteiger partial charge in [0, 0.05) is 18.7 Å². The molecule has 0 fully saturated rings. The summed E-state index contributed by atoms with van der Waals surface area (Å²) in [6, 6.07) is 9.13. The van der Waals surface area contributed by atoms with Gasteiger partial charge in [-0.2, -0.15) is 0 Å². The lowest BCUT2D eigenvalue weighted by Crippen LogP contribution is -2.47. The molecule has 0 aliphatic rings. The van der Waals surface area contributed by atoms with Crippen molar-refractivity contribution in [1.29, 1.82) is 0 Å². The van der Waals surface area contributed by atoms with Crippen LogP contribution in [0.25, 0.3) is 0 Å². The topological polar surface area (TPSA) is 78.4 Å². The summed E-state index contributed by atoms with van der Waals surface area (Å²) in [6.45, 7) is 3.44. The average Bonchev–Trinajstić information content (AvgIpc) is 2.29. The molecule has 1 rings (SSSR count). The third-order valence-electron chi connectivity index (χ3n) is 2.51. The van der Waals surface area contributed by atoms with Crippen LogP contribution in [0.15, 0.2) is 30.3 Å². The van der Waals surface area contributed by atoms with Gasteiger partial charge in [0.15, 0.2) is 0 Å². The van der Waals surface area contributed by atoms with Crippen molar-refractivity contribution in [2.45, 2.75) is 25.8 Å². The largest absolute Gasteiger partial charge is 0.480 e. The molecule has 0 atom stereocenters. The predicted octanol–water partition coefficient (Wildman–Crippen LogP) is 1.47. The van der Waals surface area contributed by atoms with Crippen molar-refractivity contribution < 1.29 is 14.7 Å². The molecule has 1 aromatic rings. The third kappa shape index (κ3) is 4.55. The van der Waals surface area contributed by atoms with Crippen molar-refractivity contribution in [3.05, 3.63) is 30.3 Å². The van der Waals surface area contributed by atoms with E-state index in [2.05, 4.69) is 10.6 Å². The second kappa shape index (κ2) is 6.16. The Morgan fingerprint density at radius 3 is 2.39 bits per heavy atom. The number of hydrogen-bond acceptors (Lipinski definition) is 3. The van der Waals surface area contributed by atoms with E-state index >= 15 is 0 Å². The third-order valence-corrected chi connectivity index (χ3v) is 2.51. The van der Waals surface area contributed by atoms with E-state index in [0.717, 1.165) is 5.69 Å². The van der Waals surface area contributed by atoms with Gasteiger partial charge < -0.3 is 15.7 Å². The van der Waals surface area contributed by atoms with E-state index in [1.807, 2.05) is 18.2 Å². The van der Waals surface area contributed by atoms with Crippen LogP contribution in [0.1, 0.15) is 20.3 Å². The standard InChI is InChI=1S/C13H18N2O3/c1-13(2,12(17)18)14-9-8-11(16)15-10-6-4-3-5-7-10/h3-7,14H,8-9H2,1-2H3,(H,15,16)(H,17,18). The summed E-state index contributed by atoms with van der Waals surface area (Å²) >= 11 is 0. The quantitative estimate of drug-likeness (QED) is 0.714. The van der Waals surface area contributed by atoms with Gasteiger partial charge in [0.25, 0.3) is 0 Å². The molecule has 18 heavy (non-hydrogen) atoms. The van der Waals surface area contributed by atoms with E-state index in [0.29, 0.717) is 6.54 Å². The number of amides is 1. The van der Waals surface area contributed by atoms with Gasteiger partial charge in [-0.1, -0.05) is 18.2 Å². The molecule has 5 heteroatoms. The first-order chi connectivity index (χ1) is 8.42. The van der Waals surface area contributed by atoms with Gasteiger partial charge in [0.2, 0.25) is 5.91 Å². The van der Waals surface area contributed by atoms with Crippen LogP contribution >= 0.6 is 0 Å². The Hall–Kier alpha value is -1.88. The summed E-state index contributed by atoms with van der Waals surface area (Å²) in [4.78, 5) is 22.4. The lowest BCUT2D eigenvalue weighted by Gasteiger charge is -2.20. The summed E-state index contributed by atoms with van der Waals surface area (Å²) in [5.74, 6) is -1.08. The first-order valence-corrected chi connectivity index (χ1v) is 5.75. The number of carboxylic acids is 1. The second-order valence-electron chi connectivity index (χ2n) is 4.52. The fourth-order valence-corrected chi connectivity index (χ4v) is 1.31. The van der Waals surface area contributed by atoms with Crippen LogP contribution in [0.2, 0.25) is 0 Å². The highest BCUT2D eigenvalue weighted by Crippen LogP contribution is 2.06. The highest BCUT2D eigenvalue weighted by atomic mass is 16.4. The van der Waals surface area contributed by atoms with Crippen LogP contribution in [0.4, 0.5) is 5.69 Å². The van der Waals surface area contributed by atoms with Crippen molar-refractivity contribution in [1.82, 2.24) is 5.32 Å². The molecule has 1 aromatic carbocycles. The molecule has 0 bridgehead atoms. The van der Waals surface area contributed by atoms with E-state index in [1.165, 1.54) is 0 Å². The van der Waals surface area contributed by atoms with Crippen LogP contribution in [0, 0.1) is 0 Å². The summed E-state index contributed by atoms with van der Waals surface area (Å²) in [7, 11) is 0. The van der Waals surface area contributed by atoms with Gasteiger partial charge in [0.05, 0.1) is 0 Å². The molecule has 0 heterocycles. The smallest absolute Gasteiger partial charge is 0.323 e. The maximum absolute atomic E-state index is 11.6. The zero-order valence-corrected chi connectivity index (χ0v) is 10.6. The number of anilines is 1. The Labute approximate surface area is 106 Å². The molecular weight excluding hydrogens is 232 g/mol. The van der Waals surface area contributed by atoms with Gasteiger partial charge in [-0.15, -0.1) is 0 Å². The Bertz CT molecular complexity index is 416. The number of carboxylic acid groups (broad SMARTS) is 1. The zero-order chi connectivity index (χ0) is 13.6. The molecule has 0 unspecified atom stereocenters. The molecular formula is C13H18N2O3. The number of rotatable bonds is 6. The zero-order valence-electron chi connectivity index (χ0n) is 10.6. The number of para-hydroxylation sites is 1. The molecule has 0 aliphatic carbocycles. The van der Waals surface area contributed by atoms with Crippen molar-refractivity contribution >= 4 is 17.6 Å². The maximum Gasteiger partial charge on any atom is 0.323 e. The lowest BCUT2D eigenvalue weighted by molar-refractivity contribution is -0.143. The average molecular weight is 250 g/mol. The van der Waals surface area contributed by atoms with Crippen LogP contribution in [0.5, 0.6) is 0 Å². The van der Waals surface area contributed by atoms with E-state index in [4.69, 9.17) is 5.11 Å². The summed E-state index contributed by atoms with van der Waals surface area (Å²) in [5.41, 5.74) is -0.285. The van der Waals surface area contributed by atoms with Crippen molar-refractivity contribution in [3.8, 4) is 0 Å². The van der Waals surface area contributed by atoms with Crippen LogP contribution < -0.4 is 10.6 Å². The molecule has 98 valence electrons.